The molecule has 3 aliphatic rings. The van der Waals surface area contributed by atoms with Crippen molar-refractivity contribution in [1.82, 2.24) is 15.3 Å². The number of rotatable bonds is 4. The molecule has 4 rings (SSSR count). The fraction of sp³-hybridized carbons (Fsp3) is 0.750. The molecule has 0 bridgehead atoms. The van der Waals surface area contributed by atoms with E-state index >= 15 is 0 Å². The predicted molar refractivity (Wildman–Crippen MR) is 117 cm³/mol. The standard InChI is InChI=1S/C20H32N6OS/c28-20(21-16-7-3-1-2-4-8-16)24-19-22-17(25-9-5-6-10-25)15-18(23-19)26-11-13-27-14-12-26/h15-16H,1-14H2,(H2,21,22,23,24,28). The van der Waals surface area contributed by atoms with Crippen molar-refractivity contribution in [1.29, 1.82) is 0 Å². The Morgan fingerprint density at radius 2 is 1.50 bits per heavy atom. The van der Waals surface area contributed by atoms with Crippen molar-refractivity contribution in [3.63, 3.8) is 0 Å². The molecule has 2 N–H and O–H groups in total. The van der Waals surface area contributed by atoms with E-state index in [1.807, 2.05) is 0 Å². The summed E-state index contributed by atoms with van der Waals surface area (Å²) in [5.41, 5.74) is 0. The molecule has 1 saturated carbocycles. The Bertz CT molecular complexity index is 652. The maximum atomic E-state index is 5.59. The third-order valence-corrected chi connectivity index (χ3v) is 6.10. The van der Waals surface area contributed by atoms with Gasteiger partial charge >= 0.3 is 0 Å². The number of hydrogen-bond donors (Lipinski definition) is 2. The van der Waals surface area contributed by atoms with Crippen LogP contribution >= 0.6 is 12.2 Å². The Labute approximate surface area is 173 Å². The first-order valence-electron chi connectivity index (χ1n) is 10.8. The van der Waals surface area contributed by atoms with Crippen LogP contribution < -0.4 is 20.4 Å². The zero-order chi connectivity index (χ0) is 19.2. The average Bonchev–Trinajstić information content (AvgIpc) is 3.14. The highest BCUT2D eigenvalue weighted by Crippen LogP contribution is 2.25. The summed E-state index contributed by atoms with van der Waals surface area (Å²) >= 11 is 5.59. The summed E-state index contributed by atoms with van der Waals surface area (Å²) in [5.74, 6) is 2.55. The van der Waals surface area contributed by atoms with Gasteiger partial charge in [0.2, 0.25) is 5.95 Å². The van der Waals surface area contributed by atoms with E-state index in [-0.39, 0.29) is 0 Å². The molecular formula is C20H32N6OS. The van der Waals surface area contributed by atoms with Crippen LogP contribution in [0, 0.1) is 0 Å². The molecule has 0 atom stereocenters. The van der Waals surface area contributed by atoms with Crippen molar-refractivity contribution >= 4 is 34.9 Å². The van der Waals surface area contributed by atoms with Gasteiger partial charge in [-0.1, -0.05) is 25.7 Å². The molecule has 1 aromatic heterocycles. The number of aromatic nitrogens is 2. The Kier molecular flexibility index (Phi) is 6.80. The van der Waals surface area contributed by atoms with Gasteiger partial charge in [-0.3, -0.25) is 0 Å². The van der Waals surface area contributed by atoms with Crippen LogP contribution in [0.4, 0.5) is 17.6 Å². The molecule has 1 aromatic rings. The highest BCUT2D eigenvalue weighted by atomic mass is 32.1. The van der Waals surface area contributed by atoms with Gasteiger partial charge in [-0.25, -0.2) is 0 Å². The third kappa shape index (κ3) is 5.23. The Hall–Kier alpha value is -1.67. The average molecular weight is 405 g/mol. The first-order chi connectivity index (χ1) is 13.8. The molecule has 3 fully saturated rings. The minimum Gasteiger partial charge on any atom is -0.378 e. The van der Waals surface area contributed by atoms with Crippen LogP contribution in [0.15, 0.2) is 6.07 Å². The van der Waals surface area contributed by atoms with E-state index in [1.165, 1.54) is 51.4 Å². The van der Waals surface area contributed by atoms with Crippen molar-refractivity contribution in [2.75, 3.05) is 54.5 Å². The topological polar surface area (TPSA) is 65.6 Å². The van der Waals surface area contributed by atoms with Gasteiger partial charge in [0.05, 0.1) is 13.2 Å². The first-order valence-corrected chi connectivity index (χ1v) is 11.2. The van der Waals surface area contributed by atoms with Crippen LogP contribution in [0.3, 0.4) is 0 Å². The summed E-state index contributed by atoms with van der Waals surface area (Å²) in [4.78, 5) is 14.2. The number of nitrogens with one attached hydrogen (secondary N) is 2. The monoisotopic (exact) mass is 404 g/mol. The smallest absolute Gasteiger partial charge is 0.232 e. The molecule has 2 saturated heterocycles. The molecule has 0 radical (unpaired) electrons. The number of thiocarbonyl (C=S) groups is 1. The fourth-order valence-electron chi connectivity index (χ4n) is 4.29. The second-order valence-corrected chi connectivity index (χ2v) is 8.40. The molecule has 0 unspecified atom stereocenters. The first kappa shape index (κ1) is 19.6. The molecule has 7 nitrogen and oxygen atoms in total. The summed E-state index contributed by atoms with van der Waals surface area (Å²) in [6.45, 7) is 5.33. The molecule has 0 amide bonds. The summed E-state index contributed by atoms with van der Waals surface area (Å²) in [7, 11) is 0. The number of ether oxygens (including phenoxy) is 1. The van der Waals surface area contributed by atoms with Crippen molar-refractivity contribution < 1.29 is 4.74 Å². The number of hydrogen-bond acceptors (Lipinski definition) is 6. The highest BCUT2D eigenvalue weighted by molar-refractivity contribution is 7.80. The SMILES string of the molecule is S=C(Nc1nc(N2CCCC2)cc(N2CCOCC2)n1)NC1CCCCCC1. The van der Waals surface area contributed by atoms with E-state index in [0.29, 0.717) is 17.1 Å². The van der Waals surface area contributed by atoms with E-state index in [0.717, 1.165) is 51.0 Å². The molecule has 2 aliphatic heterocycles. The minimum absolute atomic E-state index is 0.461. The van der Waals surface area contributed by atoms with Gasteiger partial charge < -0.3 is 25.2 Å². The molecule has 1 aliphatic carbocycles. The van der Waals surface area contributed by atoms with Gasteiger partial charge in [-0.15, -0.1) is 0 Å². The van der Waals surface area contributed by atoms with Gasteiger partial charge in [0, 0.05) is 38.3 Å². The van der Waals surface area contributed by atoms with Crippen LogP contribution in [-0.2, 0) is 4.74 Å². The van der Waals surface area contributed by atoms with Gasteiger partial charge in [-0.05, 0) is 37.9 Å². The lowest BCUT2D eigenvalue weighted by molar-refractivity contribution is 0.122. The quantitative estimate of drug-likeness (QED) is 0.587. The van der Waals surface area contributed by atoms with Gasteiger partial charge in [-0.2, -0.15) is 9.97 Å². The van der Waals surface area contributed by atoms with E-state index in [4.69, 9.17) is 26.9 Å². The van der Waals surface area contributed by atoms with E-state index in [2.05, 4.69) is 26.5 Å². The lowest BCUT2D eigenvalue weighted by atomic mass is 10.1. The largest absolute Gasteiger partial charge is 0.378 e. The molecule has 3 heterocycles. The maximum absolute atomic E-state index is 5.59. The number of nitrogens with zero attached hydrogens (tertiary/aromatic N) is 4. The van der Waals surface area contributed by atoms with Crippen molar-refractivity contribution in [3.8, 4) is 0 Å². The molecule has 8 heteroatoms. The maximum Gasteiger partial charge on any atom is 0.232 e. The molecule has 0 aromatic carbocycles. The zero-order valence-electron chi connectivity index (χ0n) is 16.7. The molecule has 0 spiro atoms. The van der Waals surface area contributed by atoms with Crippen molar-refractivity contribution in [3.05, 3.63) is 6.07 Å². The normalized spacial score (nSPS) is 21.4. The van der Waals surface area contributed by atoms with Crippen LogP contribution in [-0.4, -0.2) is 60.5 Å². The number of anilines is 3. The van der Waals surface area contributed by atoms with Crippen LogP contribution in [0.5, 0.6) is 0 Å². The Morgan fingerprint density at radius 3 is 2.14 bits per heavy atom. The zero-order valence-corrected chi connectivity index (χ0v) is 17.5. The third-order valence-electron chi connectivity index (χ3n) is 5.88. The second kappa shape index (κ2) is 9.69. The Morgan fingerprint density at radius 1 is 0.893 bits per heavy atom. The highest BCUT2D eigenvalue weighted by Gasteiger charge is 2.20. The van der Waals surface area contributed by atoms with Crippen LogP contribution in [0.2, 0.25) is 0 Å². The predicted octanol–water partition coefficient (Wildman–Crippen LogP) is 2.92. The van der Waals surface area contributed by atoms with Crippen LogP contribution in [0.1, 0.15) is 51.4 Å². The Balaban J connectivity index is 1.47. The number of morpholine rings is 1. The van der Waals surface area contributed by atoms with E-state index < -0.39 is 0 Å². The van der Waals surface area contributed by atoms with Gasteiger partial charge in [0.1, 0.15) is 11.6 Å². The molecule has 28 heavy (non-hydrogen) atoms. The van der Waals surface area contributed by atoms with Crippen LogP contribution in [0.25, 0.3) is 0 Å². The summed E-state index contributed by atoms with van der Waals surface area (Å²) in [6, 6.07) is 2.58. The van der Waals surface area contributed by atoms with Gasteiger partial charge in [0.15, 0.2) is 5.11 Å². The fourth-order valence-corrected chi connectivity index (χ4v) is 4.55. The summed E-state index contributed by atoms with van der Waals surface area (Å²) in [6.07, 6.45) is 10.1. The summed E-state index contributed by atoms with van der Waals surface area (Å²) < 4.78 is 5.50. The van der Waals surface area contributed by atoms with E-state index in [9.17, 15) is 0 Å². The van der Waals surface area contributed by atoms with Crippen molar-refractivity contribution in [2.24, 2.45) is 0 Å². The van der Waals surface area contributed by atoms with Crippen molar-refractivity contribution in [2.45, 2.75) is 57.4 Å². The second-order valence-electron chi connectivity index (χ2n) is 7.99. The molecular weight excluding hydrogens is 372 g/mol. The lowest BCUT2D eigenvalue weighted by Crippen LogP contribution is -2.39. The minimum atomic E-state index is 0.461. The molecule has 154 valence electrons. The van der Waals surface area contributed by atoms with E-state index in [1.54, 1.807) is 0 Å². The summed E-state index contributed by atoms with van der Waals surface area (Å²) in [5, 5.41) is 7.39. The van der Waals surface area contributed by atoms with Gasteiger partial charge in [0.25, 0.3) is 0 Å². The lowest BCUT2D eigenvalue weighted by Gasteiger charge is -2.29.